The summed E-state index contributed by atoms with van der Waals surface area (Å²) < 4.78 is 29.3. The van der Waals surface area contributed by atoms with Gasteiger partial charge >= 0.3 is 0 Å². The van der Waals surface area contributed by atoms with Crippen LogP contribution in [0.15, 0.2) is 83.8 Å². The zero-order chi connectivity index (χ0) is 21.3. The number of anilines is 1. The third-order valence-corrected chi connectivity index (χ3v) is 7.21. The molecule has 5 heteroatoms. The molecular weight excluding hydrogens is 392 g/mol. The fraction of sp³-hybridized carbons (Fsp3) is 0.200. The second-order valence-corrected chi connectivity index (χ2v) is 9.12. The van der Waals surface area contributed by atoms with E-state index in [9.17, 15) is 8.42 Å². The minimum absolute atomic E-state index is 0.293. The van der Waals surface area contributed by atoms with Crippen LogP contribution >= 0.6 is 0 Å². The van der Waals surface area contributed by atoms with Crippen LogP contribution in [-0.4, -0.2) is 25.5 Å². The molecule has 0 fully saturated rings. The predicted octanol–water partition coefficient (Wildman–Crippen LogP) is 5.70. The summed E-state index contributed by atoms with van der Waals surface area (Å²) in [5, 5.41) is 0.932. The highest BCUT2D eigenvalue weighted by Crippen LogP contribution is 2.42. The quantitative estimate of drug-likeness (QED) is 0.403. The maximum Gasteiger partial charge on any atom is 0.269 e. The fourth-order valence-electron chi connectivity index (χ4n) is 3.96. The zero-order valence-corrected chi connectivity index (χ0v) is 18.4. The first kappa shape index (κ1) is 20.2. The summed E-state index contributed by atoms with van der Waals surface area (Å²) in [4.78, 5) is 2.41. The summed E-state index contributed by atoms with van der Waals surface area (Å²) in [5.74, 6) is 0.716. The average Bonchev–Trinajstić information content (AvgIpc) is 3.11. The van der Waals surface area contributed by atoms with Crippen molar-refractivity contribution in [3.05, 3.63) is 84.4 Å². The first-order chi connectivity index (χ1) is 14.5. The topological polar surface area (TPSA) is 42.3 Å². The largest absolute Gasteiger partial charge is 0.357 e. The summed E-state index contributed by atoms with van der Waals surface area (Å²) in [5.41, 5.74) is 3.68. The van der Waals surface area contributed by atoms with Crippen LogP contribution in [0.25, 0.3) is 22.0 Å². The molecule has 30 heavy (non-hydrogen) atoms. The van der Waals surface area contributed by atoms with Crippen LogP contribution < -0.4 is 4.90 Å². The molecule has 0 spiro atoms. The van der Waals surface area contributed by atoms with Gasteiger partial charge in [0.25, 0.3) is 10.0 Å². The van der Waals surface area contributed by atoms with E-state index in [1.165, 1.54) is 3.97 Å². The summed E-state index contributed by atoms with van der Waals surface area (Å²) in [6.45, 7) is 7.47. The number of rotatable bonds is 6. The Morgan fingerprint density at radius 1 is 0.800 bits per heavy atom. The maximum absolute atomic E-state index is 13.9. The molecule has 0 bridgehead atoms. The number of benzene rings is 3. The van der Waals surface area contributed by atoms with E-state index >= 15 is 0 Å². The van der Waals surface area contributed by atoms with Gasteiger partial charge in [0, 0.05) is 24.0 Å². The van der Waals surface area contributed by atoms with E-state index in [1.807, 2.05) is 73.7 Å². The van der Waals surface area contributed by atoms with Crippen LogP contribution in [0, 0.1) is 6.92 Å². The van der Waals surface area contributed by atoms with E-state index in [1.54, 1.807) is 12.1 Å². The Labute approximate surface area is 178 Å². The van der Waals surface area contributed by atoms with Crippen molar-refractivity contribution in [3.8, 4) is 11.1 Å². The van der Waals surface area contributed by atoms with Crippen LogP contribution in [0.4, 0.5) is 5.82 Å². The van der Waals surface area contributed by atoms with Crippen LogP contribution in [0.2, 0.25) is 0 Å². The molecule has 1 heterocycles. The lowest BCUT2D eigenvalue weighted by Gasteiger charge is -2.25. The van der Waals surface area contributed by atoms with E-state index in [-0.39, 0.29) is 0 Å². The standard InChI is InChI=1S/C25H26N2O2S/c1-4-26(5-2)25-24(20-11-7-6-8-12-20)22-13-9-10-14-23(22)27(25)30(28,29)21-17-15-19(3)16-18-21/h6-18H,4-5H2,1-3H3. The number of aromatic nitrogens is 1. The van der Waals surface area contributed by atoms with Crippen LogP contribution in [0.5, 0.6) is 0 Å². The van der Waals surface area contributed by atoms with E-state index in [0.29, 0.717) is 29.3 Å². The third-order valence-electron chi connectivity index (χ3n) is 5.49. The molecule has 0 unspecified atom stereocenters. The predicted molar refractivity (Wildman–Crippen MR) is 125 cm³/mol. The number of hydrogen-bond acceptors (Lipinski definition) is 3. The molecule has 1 aromatic heterocycles. The van der Waals surface area contributed by atoms with E-state index in [0.717, 1.165) is 22.1 Å². The highest BCUT2D eigenvalue weighted by atomic mass is 32.2. The number of fused-ring (bicyclic) bond motifs is 1. The van der Waals surface area contributed by atoms with Crippen molar-refractivity contribution in [1.29, 1.82) is 0 Å². The first-order valence-electron chi connectivity index (χ1n) is 10.2. The normalized spacial score (nSPS) is 11.7. The summed E-state index contributed by atoms with van der Waals surface area (Å²) >= 11 is 0. The molecule has 0 radical (unpaired) electrons. The van der Waals surface area contributed by atoms with E-state index in [4.69, 9.17) is 0 Å². The lowest BCUT2D eigenvalue weighted by molar-refractivity contribution is 0.588. The molecule has 0 saturated heterocycles. The van der Waals surface area contributed by atoms with Crippen molar-refractivity contribution in [2.75, 3.05) is 18.0 Å². The molecule has 0 aliphatic heterocycles. The average molecular weight is 419 g/mol. The van der Waals surface area contributed by atoms with Gasteiger partial charge in [0.05, 0.1) is 10.4 Å². The van der Waals surface area contributed by atoms with Crippen LogP contribution in [-0.2, 0) is 10.0 Å². The Balaban J connectivity index is 2.14. The molecule has 0 saturated carbocycles. The third kappa shape index (κ3) is 3.29. The highest BCUT2D eigenvalue weighted by Gasteiger charge is 2.29. The lowest BCUT2D eigenvalue weighted by Crippen LogP contribution is -2.27. The van der Waals surface area contributed by atoms with Gasteiger partial charge in [0.15, 0.2) is 0 Å². The van der Waals surface area contributed by atoms with Crippen molar-refractivity contribution in [1.82, 2.24) is 3.97 Å². The first-order valence-corrected chi connectivity index (χ1v) is 11.7. The fourth-order valence-corrected chi connectivity index (χ4v) is 5.50. The minimum Gasteiger partial charge on any atom is -0.357 e. The van der Waals surface area contributed by atoms with E-state index < -0.39 is 10.0 Å². The van der Waals surface area contributed by atoms with Crippen molar-refractivity contribution < 1.29 is 8.42 Å². The number of para-hydroxylation sites is 1. The summed E-state index contributed by atoms with van der Waals surface area (Å²) in [6, 6.07) is 24.8. The van der Waals surface area contributed by atoms with Gasteiger partial charge in [0.1, 0.15) is 5.82 Å². The Bertz CT molecular complexity index is 1270. The smallest absolute Gasteiger partial charge is 0.269 e. The number of aryl methyl sites for hydroxylation is 1. The van der Waals surface area contributed by atoms with Crippen molar-refractivity contribution in [3.63, 3.8) is 0 Å². The van der Waals surface area contributed by atoms with Crippen molar-refractivity contribution in [2.45, 2.75) is 25.7 Å². The second kappa shape index (κ2) is 8.00. The minimum atomic E-state index is -3.79. The second-order valence-electron chi connectivity index (χ2n) is 7.34. The lowest BCUT2D eigenvalue weighted by atomic mass is 10.0. The molecule has 0 atom stereocenters. The van der Waals surface area contributed by atoms with Crippen LogP contribution in [0.3, 0.4) is 0 Å². The van der Waals surface area contributed by atoms with Gasteiger partial charge in [-0.2, -0.15) is 0 Å². The van der Waals surface area contributed by atoms with E-state index in [2.05, 4.69) is 18.7 Å². The summed E-state index contributed by atoms with van der Waals surface area (Å²) in [6.07, 6.45) is 0. The van der Waals surface area contributed by atoms with Gasteiger partial charge in [-0.15, -0.1) is 0 Å². The number of nitrogens with zero attached hydrogens (tertiary/aromatic N) is 2. The molecular formula is C25H26N2O2S. The maximum atomic E-state index is 13.9. The molecule has 4 nitrogen and oxygen atoms in total. The molecule has 3 aromatic carbocycles. The van der Waals surface area contributed by atoms with Crippen LogP contribution in [0.1, 0.15) is 19.4 Å². The monoisotopic (exact) mass is 418 g/mol. The Morgan fingerprint density at radius 3 is 2.03 bits per heavy atom. The Hall–Kier alpha value is -3.05. The van der Waals surface area contributed by atoms with Gasteiger partial charge < -0.3 is 4.90 Å². The van der Waals surface area contributed by atoms with Gasteiger partial charge in [0.2, 0.25) is 0 Å². The summed E-state index contributed by atoms with van der Waals surface area (Å²) in [7, 11) is -3.79. The zero-order valence-electron chi connectivity index (χ0n) is 17.5. The molecule has 0 aliphatic rings. The number of hydrogen-bond donors (Lipinski definition) is 0. The highest BCUT2D eigenvalue weighted by molar-refractivity contribution is 7.90. The van der Waals surface area contributed by atoms with Crippen molar-refractivity contribution >= 4 is 26.7 Å². The molecule has 0 amide bonds. The molecule has 154 valence electrons. The molecule has 0 aliphatic carbocycles. The SMILES string of the molecule is CCN(CC)c1c(-c2ccccc2)c2ccccc2n1S(=O)(=O)c1ccc(C)cc1. The van der Waals surface area contributed by atoms with Gasteiger partial charge in [-0.25, -0.2) is 12.4 Å². The Morgan fingerprint density at radius 2 is 1.40 bits per heavy atom. The van der Waals surface area contributed by atoms with Gasteiger partial charge in [-0.3, -0.25) is 0 Å². The molecule has 0 N–H and O–H groups in total. The molecule has 4 rings (SSSR count). The van der Waals surface area contributed by atoms with Gasteiger partial charge in [-0.05, 0) is 44.5 Å². The Kier molecular flexibility index (Phi) is 5.39. The van der Waals surface area contributed by atoms with Crippen molar-refractivity contribution in [2.24, 2.45) is 0 Å². The molecule has 4 aromatic rings. The van der Waals surface area contributed by atoms with Gasteiger partial charge in [-0.1, -0.05) is 66.2 Å².